The second-order valence-corrected chi connectivity index (χ2v) is 11.1. The maximum atomic E-state index is 12.8. The minimum atomic E-state index is -1.44. The number of aliphatic carboxylic acids is 1. The van der Waals surface area contributed by atoms with E-state index < -0.39 is 29.2 Å². The number of β-lactam (4-membered cyclic amide) rings is 1. The number of rotatable bonds is 8. The SMILES string of the molecule is Cc1nc(CCSC2=C(C(=O)[O-])N3C(=O)[C@@H](NC(=O)/C(=N\O)c4csc(N)n4)[C@H]3SC2)cs1.[Na+]. The molecule has 0 spiro atoms. The monoisotopic (exact) mass is 548 g/mol. The number of nitrogens with zero attached hydrogens (tertiary/aromatic N) is 4. The van der Waals surface area contributed by atoms with E-state index in [1.807, 2.05) is 12.3 Å². The predicted octanol–water partition coefficient (Wildman–Crippen LogP) is -2.99. The Morgan fingerprint density at radius 1 is 1.38 bits per heavy atom. The van der Waals surface area contributed by atoms with E-state index in [2.05, 4.69) is 20.4 Å². The van der Waals surface area contributed by atoms with Crippen LogP contribution in [0.4, 0.5) is 5.13 Å². The van der Waals surface area contributed by atoms with Crippen molar-refractivity contribution < 1.29 is 54.3 Å². The molecule has 0 bridgehead atoms. The third kappa shape index (κ3) is 5.45. The van der Waals surface area contributed by atoms with Crippen molar-refractivity contribution in [2.45, 2.75) is 24.8 Å². The first-order valence-corrected chi connectivity index (χ1v) is 13.3. The molecule has 174 valence electrons. The molecule has 0 unspecified atom stereocenters. The molecule has 2 aromatic heterocycles. The molecule has 4 heterocycles. The van der Waals surface area contributed by atoms with Gasteiger partial charge in [0.2, 0.25) is 0 Å². The molecule has 1 saturated heterocycles. The van der Waals surface area contributed by atoms with Crippen LogP contribution in [-0.2, 0) is 20.8 Å². The summed E-state index contributed by atoms with van der Waals surface area (Å²) < 4.78 is 0. The molecule has 1 fully saturated rings. The minimum absolute atomic E-state index is 0. The number of aromatic nitrogens is 2. The van der Waals surface area contributed by atoms with Gasteiger partial charge in [0.25, 0.3) is 11.8 Å². The van der Waals surface area contributed by atoms with Crippen molar-refractivity contribution in [2.75, 3.05) is 17.2 Å². The van der Waals surface area contributed by atoms with E-state index in [4.69, 9.17) is 5.73 Å². The molecule has 4 N–H and O–H groups in total. The van der Waals surface area contributed by atoms with Crippen molar-refractivity contribution in [1.82, 2.24) is 20.2 Å². The van der Waals surface area contributed by atoms with Crippen LogP contribution in [0.3, 0.4) is 0 Å². The van der Waals surface area contributed by atoms with Gasteiger partial charge in [0.1, 0.15) is 17.1 Å². The van der Waals surface area contributed by atoms with Crippen LogP contribution in [0.5, 0.6) is 0 Å². The third-order valence-corrected chi connectivity index (χ3v) is 8.85. The maximum absolute atomic E-state index is 12.8. The van der Waals surface area contributed by atoms with E-state index in [0.29, 0.717) is 22.8 Å². The molecule has 2 amide bonds. The van der Waals surface area contributed by atoms with Gasteiger partial charge in [-0.25, -0.2) is 9.97 Å². The Kier molecular flexibility index (Phi) is 9.05. The Balaban J connectivity index is 0.00000324. The van der Waals surface area contributed by atoms with Crippen LogP contribution in [0.15, 0.2) is 26.5 Å². The number of amides is 2. The number of thiazole rings is 2. The fraction of sp³-hybridized carbons (Fsp3) is 0.333. The van der Waals surface area contributed by atoms with Gasteiger partial charge in [0, 0.05) is 27.2 Å². The summed E-state index contributed by atoms with van der Waals surface area (Å²) in [5.41, 5.74) is 6.00. The van der Waals surface area contributed by atoms with Crippen molar-refractivity contribution in [3.05, 3.63) is 37.8 Å². The molecule has 16 heteroatoms. The van der Waals surface area contributed by atoms with Crippen LogP contribution < -0.4 is 45.7 Å². The van der Waals surface area contributed by atoms with Crippen molar-refractivity contribution in [1.29, 1.82) is 0 Å². The molecule has 0 radical (unpaired) electrons. The molecule has 0 saturated carbocycles. The van der Waals surface area contributed by atoms with E-state index >= 15 is 0 Å². The van der Waals surface area contributed by atoms with Gasteiger partial charge in [-0.05, 0) is 13.3 Å². The van der Waals surface area contributed by atoms with Gasteiger partial charge in [0.05, 0.1) is 22.4 Å². The molecular weight excluding hydrogens is 531 g/mol. The summed E-state index contributed by atoms with van der Waals surface area (Å²) in [5.74, 6) is -1.88. The number of nitrogen functional groups attached to an aromatic ring is 1. The Bertz CT molecular complexity index is 1180. The van der Waals surface area contributed by atoms with E-state index in [1.165, 1.54) is 28.9 Å². The van der Waals surface area contributed by atoms with E-state index in [9.17, 15) is 24.7 Å². The number of oxime groups is 1. The number of nitrogens with two attached hydrogens (primary N) is 1. The topological polar surface area (TPSA) is 174 Å². The standard InChI is InChI=1S/C18H18N6O5S4.Na/c1-7-20-8(4-31-7)2-3-30-10-6-32-16-12(15(26)24(16)13(10)17(27)28)22-14(25)11(23-29)9-5-33-18(19)21-9;/h4-5,12,16,29H,2-3,6H2,1H3,(H2,19,21)(H,22,25)(H,27,28);/q;+1/p-1/b23-11-;/t12-,16-;/m1./s1. The largest absolute Gasteiger partial charge is 1.00 e. The van der Waals surface area contributed by atoms with Crippen molar-refractivity contribution in [3.63, 3.8) is 0 Å². The Labute approximate surface area is 232 Å². The summed E-state index contributed by atoms with van der Waals surface area (Å²) in [6.07, 6.45) is 0.671. The fourth-order valence-corrected chi connectivity index (χ4v) is 7.11. The molecule has 2 aromatic rings. The first-order valence-electron chi connectivity index (χ1n) is 9.47. The second kappa shape index (κ2) is 11.4. The zero-order chi connectivity index (χ0) is 23.7. The average molecular weight is 549 g/mol. The smallest absolute Gasteiger partial charge is 0.543 e. The van der Waals surface area contributed by atoms with Gasteiger partial charge in [0.15, 0.2) is 10.8 Å². The number of hydrogen-bond donors (Lipinski definition) is 3. The van der Waals surface area contributed by atoms with E-state index in [0.717, 1.165) is 26.9 Å². The number of hydrogen-bond acceptors (Lipinski definition) is 13. The maximum Gasteiger partial charge on any atom is 1.00 e. The molecule has 2 atom stereocenters. The van der Waals surface area contributed by atoms with Crippen LogP contribution in [0.2, 0.25) is 0 Å². The van der Waals surface area contributed by atoms with Gasteiger partial charge >= 0.3 is 29.6 Å². The number of carboxylic acid groups (broad SMARTS) is 1. The summed E-state index contributed by atoms with van der Waals surface area (Å²) in [4.78, 5) is 47.1. The normalized spacial score (nSPS) is 19.9. The van der Waals surface area contributed by atoms with Crippen molar-refractivity contribution >= 4 is 74.8 Å². The molecule has 11 nitrogen and oxygen atoms in total. The average Bonchev–Trinajstić information content (AvgIpc) is 3.39. The zero-order valence-electron chi connectivity index (χ0n) is 18.0. The fourth-order valence-electron chi connectivity index (χ4n) is 3.31. The van der Waals surface area contributed by atoms with E-state index in [-0.39, 0.29) is 51.8 Å². The van der Waals surface area contributed by atoms with Crippen LogP contribution in [0, 0.1) is 6.92 Å². The zero-order valence-corrected chi connectivity index (χ0v) is 23.3. The molecule has 4 rings (SSSR count). The number of carbonyl (C=O) groups excluding carboxylic acids is 3. The Hall–Kier alpha value is -1.62. The Morgan fingerprint density at radius 3 is 2.74 bits per heavy atom. The molecular formula is C18H17N6NaO5S4. The first kappa shape index (κ1) is 27.0. The quantitative estimate of drug-likeness (QED) is 0.101. The van der Waals surface area contributed by atoms with Gasteiger partial charge in [-0.2, -0.15) is 0 Å². The number of fused-ring (bicyclic) bond motifs is 1. The Morgan fingerprint density at radius 2 is 2.15 bits per heavy atom. The van der Waals surface area contributed by atoms with Crippen molar-refractivity contribution in [3.8, 4) is 0 Å². The number of aryl methyl sites for hydroxylation is 2. The second-order valence-electron chi connectivity index (χ2n) is 6.90. The summed E-state index contributed by atoms with van der Waals surface area (Å²) in [6.45, 7) is 1.92. The number of thioether (sulfide) groups is 2. The molecule has 2 aliphatic rings. The van der Waals surface area contributed by atoms with Crippen LogP contribution in [0.1, 0.15) is 16.4 Å². The number of carboxylic acids is 1. The summed E-state index contributed by atoms with van der Waals surface area (Å²) >= 11 is 5.31. The number of nitrogens with one attached hydrogen (secondary N) is 1. The molecule has 2 aliphatic heterocycles. The van der Waals surface area contributed by atoms with Crippen LogP contribution in [0.25, 0.3) is 0 Å². The van der Waals surface area contributed by atoms with Gasteiger partial charge in [-0.1, -0.05) is 5.16 Å². The summed E-state index contributed by atoms with van der Waals surface area (Å²) in [6, 6.07) is -0.978. The predicted molar refractivity (Wildman–Crippen MR) is 125 cm³/mol. The van der Waals surface area contributed by atoms with E-state index in [1.54, 1.807) is 11.3 Å². The molecule has 0 aliphatic carbocycles. The van der Waals surface area contributed by atoms with Gasteiger partial charge in [-0.3, -0.25) is 14.5 Å². The number of carbonyl (C=O) groups is 3. The summed E-state index contributed by atoms with van der Waals surface area (Å²) in [5, 5.41) is 30.5. The van der Waals surface area contributed by atoms with Crippen molar-refractivity contribution in [2.24, 2.45) is 5.16 Å². The first-order chi connectivity index (χ1) is 15.8. The third-order valence-electron chi connectivity index (χ3n) is 4.79. The van der Waals surface area contributed by atoms with Gasteiger partial charge in [-0.15, -0.1) is 46.2 Å². The minimum Gasteiger partial charge on any atom is -0.543 e. The molecule has 34 heavy (non-hydrogen) atoms. The molecule has 0 aromatic carbocycles. The van der Waals surface area contributed by atoms with Gasteiger partial charge < -0.3 is 26.2 Å². The number of anilines is 1. The van der Waals surface area contributed by atoms with Crippen LogP contribution >= 0.6 is 46.2 Å². The summed E-state index contributed by atoms with van der Waals surface area (Å²) in [7, 11) is 0. The van der Waals surface area contributed by atoms with Crippen LogP contribution in [-0.4, -0.2) is 66.5 Å².